The van der Waals surface area contributed by atoms with Gasteiger partial charge in [0.25, 0.3) is 11.8 Å². The number of benzene rings is 1. The van der Waals surface area contributed by atoms with E-state index in [0.717, 1.165) is 6.54 Å². The second-order valence-corrected chi connectivity index (χ2v) is 3.95. The number of nitrogens with one attached hydrogen (secondary N) is 1. The second kappa shape index (κ2) is 5.48. The Balaban J connectivity index is 2.06. The van der Waals surface area contributed by atoms with E-state index in [1.807, 2.05) is 7.05 Å². The number of hydrogen-bond acceptors (Lipinski definition) is 3. The van der Waals surface area contributed by atoms with Crippen molar-refractivity contribution >= 4 is 11.8 Å². The van der Waals surface area contributed by atoms with Gasteiger partial charge >= 0.3 is 0 Å². The molecule has 92 valence electrons. The molecule has 0 fully saturated rings. The largest absolute Gasteiger partial charge is 0.319 e. The number of carbonyl (C=O) groups is 2. The van der Waals surface area contributed by atoms with Crippen LogP contribution in [-0.2, 0) is 0 Å². The van der Waals surface area contributed by atoms with E-state index in [1.54, 1.807) is 24.3 Å². The van der Waals surface area contributed by atoms with Gasteiger partial charge in [-0.3, -0.25) is 14.5 Å². The molecule has 1 aromatic rings. The van der Waals surface area contributed by atoms with E-state index in [1.165, 1.54) is 4.90 Å². The van der Waals surface area contributed by atoms with E-state index in [2.05, 4.69) is 17.2 Å². The zero-order chi connectivity index (χ0) is 13.0. The minimum absolute atomic E-state index is 0.163. The molecule has 0 atom stereocenters. The Morgan fingerprint density at radius 2 is 1.72 bits per heavy atom. The van der Waals surface area contributed by atoms with Crippen molar-refractivity contribution in [3.63, 3.8) is 0 Å². The molecule has 1 aliphatic rings. The summed E-state index contributed by atoms with van der Waals surface area (Å²) in [5, 5.41) is 2.98. The van der Waals surface area contributed by atoms with Gasteiger partial charge in [-0.1, -0.05) is 18.1 Å². The lowest BCUT2D eigenvalue weighted by Gasteiger charge is -2.08. The topological polar surface area (TPSA) is 49.4 Å². The highest BCUT2D eigenvalue weighted by Crippen LogP contribution is 2.21. The summed E-state index contributed by atoms with van der Waals surface area (Å²) in [5.74, 6) is 5.27. The van der Waals surface area contributed by atoms with Gasteiger partial charge in [0.05, 0.1) is 17.7 Å². The molecule has 2 amide bonds. The Hall–Kier alpha value is -2.12. The van der Waals surface area contributed by atoms with Crippen LogP contribution in [0.5, 0.6) is 0 Å². The van der Waals surface area contributed by atoms with E-state index in [9.17, 15) is 9.59 Å². The van der Waals surface area contributed by atoms with E-state index in [-0.39, 0.29) is 18.4 Å². The van der Waals surface area contributed by atoms with Crippen LogP contribution in [0.25, 0.3) is 0 Å². The smallest absolute Gasteiger partial charge is 0.262 e. The molecule has 1 heterocycles. The van der Waals surface area contributed by atoms with Crippen molar-refractivity contribution in [3.05, 3.63) is 35.4 Å². The highest BCUT2D eigenvalue weighted by atomic mass is 16.2. The fourth-order valence-corrected chi connectivity index (χ4v) is 1.79. The fourth-order valence-electron chi connectivity index (χ4n) is 1.79. The molecule has 0 unspecified atom stereocenters. The third-order valence-corrected chi connectivity index (χ3v) is 2.74. The number of amides is 2. The fraction of sp³-hybridized carbons (Fsp3) is 0.286. The van der Waals surface area contributed by atoms with Crippen molar-refractivity contribution in [3.8, 4) is 11.8 Å². The molecule has 4 heteroatoms. The van der Waals surface area contributed by atoms with E-state index >= 15 is 0 Å². The first-order valence-corrected chi connectivity index (χ1v) is 5.81. The molecule has 0 spiro atoms. The van der Waals surface area contributed by atoms with Crippen LogP contribution in [0.3, 0.4) is 0 Å². The number of carbonyl (C=O) groups excluding carboxylic acids is 2. The van der Waals surface area contributed by atoms with Gasteiger partial charge in [0.2, 0.25) is 0 Å². The number of fused-ring (bicyclic) bond motifs is 1. The van der Waals surface area contributed by atoms with Crippen molar-refractivity contribution in [1.82, 2.24) is 10.2 Å². The average molecular weight is 242 g/mol. The van der Waals surface area contributed by atoms with Crippen LogP contribution in [0.4, 0.5) is 0 Å². The highest BCUT2D eigenvalue weighted by Gasteiger charge is 2.34. The van der Waals surface area contributed by atoms with Crippen LogP contribution in [0.2, 0.25) is 0 Å². The van der Waals surface area contributed by atoms with Crippen molar-refractivity contribution in [2.24, 2.45) is 0 Å². The van der Waals surface area contributed by atoms with Crippen molar-refractivity contribution in [2.45, 2.75) is 6.42 Å². The van der Waals surface area contributed by atoms with Crippen LogP contribution in [0.1, 0.15) is 27.1 Å². The molecular weight excluding hydrogens is 228 g/mol. The molecule has 4 nitrogen and oxygen atoms in total. The summed E-state index contributed by atoms with van der Waals surface area (Å²) in [6.45, 7) is 0.963. The van der Waals surface area contributed by atoms with Crippen molar-refractivity contribution in [2.75, 3.05) is 20.1 Å². The second-order valence-electron chi connectivity index (χ2n) is 3.95. The van der Waals surface area contributed by atoms with Gasteiger partial charge in [-0.15, -0.1) is 5.92 Å². The minimum Gasteiger partial charge on any atom is -0.319 e. The third kappa shape index (κ3) is 2.27. The van der Waals surface area contributed by atoms with Gasteiger partial charge in [-0.05, 0) is 19.2 Å². The highest BCUT2D eigenvalue weighted by molar-refractivity contribution is 6.21. The first-order valence-electron chi connectivity index (χ1n) is 5.81. The molecule has 1 aromatic carbocycles. The van der Waals surface area contributed by atoms with Gasteiger partial charge in [0, 0.05) is 13.0 Å². The van der Waals surface area contributed by atoms with Gasteiger partial charge in [-0.2, -0.15) is 0 Å². The molecule has 18 heavy (non-hydrogen) atoms. The molecule has 0 radical (unpaired) electrons. The third-order valence-electron chi connectivity index (χ3n) is 2.74. The summed E-state index contributed by atoms with van der Waals surface area (Å²) >= 11 is 0. The Labute approximate surface area is 106 Å². The Morgan fingerprint density at radius 3 is 2.28 bits per heavy atom. The van der Waals surface area contributed by atoms with Crippen LogP contribution < -0.4 is 5.32 Å². The van der Waals surface area contributed by atoms with E-state index < -0.39 is 0 Å². The molecule has 0 saturated heterocycles. The van der Waals surface area contributed by atoms with Crippen LogP contribution >= 0.6 is 0 Å². The SMILES string of the molecule is CNCCC#CCN1C(=O)c2ccccc2C1=O. The number of hydrogen-bond donors (Lipinski definition) is 1. The monoisotopic (exact) mass is 242 g/mol. The Morgan fingerprint density at radius 1 is 1.11 bits per heavy atom. The lowest BCUT2D eigenvalue weighted by atomic mass is 10.1. The summed E-state index contributed by atoms with van der Waals surface area (Å²) in [6.07, 6.45) is 0.708. The Bertz CT molecular complexity index is 505. The van der Waals surface area contributed by atoms with Crippen LogP contribution in [0.15, 0.2) is 24.3 Å². The lowest BCUT2D eigenvalue weighted by molar-refractivity contribution is 0.0675. The first-order chi connectivity index (χ1) is 8.75. The molecule has 2 rings (SSSR count). The first kappa shape index (κ1) is 12.3. The Kier molecular flexibility index (Phi) is 3.75. The van der Waals surface area contributed by atoms with E-state index in [4.69, 9.17) is 0 Å². The van der Waals surface area contributed by atoms with Gasteiger partial charge in [0.15, 0.2) is 0 Å². The normalized spacial score (nSPS) is 13.3. The molecule has 0 aliphatic carbocycles. The summed E-state index contributed by atoms with van der Waals surface area (Å²) in [6, 6.07) is 6.85. The van der Waals surface area contributed by atoms with Gasteiger partial charge in [-0.25, -0.2) is 0 Å². The zero-order valence-corrected chi connectivity index (χ0v) is 10.2. The maximum absolute atomic E-state index is 12.0. The lowest BCUT2D eigenvalue weighted by Crippen LogP contribution is -2.30. The maximum atomic E-state index is 12.0. The number of rotatable bonds is 3. The molecule has 0 aromatic heterocycles. The predicted molar refractivity (Wildman–Crippen MR) is 68.1 cm³/mol. The molecule has 1 aliphatic heterocycles. The number of nitrogens with zero attached hydrogens (tertiary/aromatic N) is 1. The minimum atomic E-state index is -0.251. The summed E-state index contributed by atoms with van der Waals surface area (Å²) < 4.78 is 0. The van der Waals surface area contributed by atoms with Gasteiger partial charge < -0.3 is 5.32 Å². The molecule has 0 saturated carbocycles. The van der Waals surface area contributed by atoms with Crippen LogP contribution in [0, 0.1) is 11.8 Å². The zero-order valence-electron chi connectivity index (χ0n) is 10.2. The molecule has 1 N–H and O–H groups in total. The average Bonchev–Trinajstić information content (AvgIpc) is 2.64. The van der Waals surface area contributed by atoms with Crippen molar-refractivity contribution in [1.29, 1.82) is 0 Å². The summed E-state index contributed by atoms with van der Waals surface area (Å²) in [7, 11) is 1.85. The summed E-state index contributed by atoms with van der Waals surface area (Å²) in [4.78, 5) is 25.1. The van der Waals surface area contributed by atoms with E-state index in [0.29, 0.717) is 17.5 Å². The molecule has 0 bridgehead atoms. The van der Waals surface area contributed by atoms with Crippen molar-refractivity contribution < 1.29 is 9.59 Å². The number of imide groups is 1. The predicted octanol–water partition coefficient (Wildman–Crippen LogP) is 0.895. The summed E-state index contributed by atoms with van der Waals surface area (Å²) in [5.41, 5.74) is 0.944. The van der Waals surface area contributed by atoms with Gasteiger partial charge in [0.1, 0.15) is 0 Å². The quantitative estimate of drug-likeness (QED) is 0.486. The van der Waals surface area contributed by atoms with Crippen LogP contribution in [-0.4, -0.2) is 36.9 Å². The standard InChI is InChI=1S/C14H14N2O2/c1-15-9-5-2-6-10-16-13(17)11-7-3-4-8-12(11)14(16)18/h3-4,7-8,15H,5,9-10H2,1H3. The molecular formula is C14H14N2O2. The maximum Gasteiger partial charge on any atom is 0.262 e.